The number of hydrogen-bond donors (Lipinski definition) is 2. The van der Waals surface area contributed by atoms with Gasteiger partial charge < -0.3 is 20.3 Å². The first kappa shape index (κ1) is 17.0. The number of guanidine groups is 1. The van der Waals surface area contributed by atoms with E-state index in [4.69, 9.17) is 4.74 Å². The van der Waals surface area contributed by atoms with Gasteiger partial charge in [-0.3, -0.25) is 4.99 Å². The fourth-order valence-corrected chi connectivity index (χ4v) is 4.40. The summed E-state index contributed by atoms with van der Waals surface area (Å²) < 4.78 is 5.92. The van der Waals surface area contributed by atoms with Gasteiger partial charge in [-0.25, -0.2) is 0 Å². The van der Waals surface area contributed by atoms with Crippen LogP contribution < -0.4 is 10.6 Å². The molecule has 2 bridgehead atoms. The van der Waals surface area contributed by atoms with Crippen LogP contribution in [0.25, 0.3) is 0 Å². The first-order valence-electron chi connectivity index (χ1n) is 9.49. The summed E-state index contributed by atoms with van der Waals surface area (Å²) in [4.78, 5) is 7.04. The number of aliphatic imine (C=N–C) groups is 1. The van der Waals surface area contributed by atoms with Crippen molar-refractivity contribution in [3.63, 3.8) is 0 Å². The Bertz CT molecular complexity index is 412. The maximum absolute atomic E-state index is 5.92. The Balaban J connectivity index is 1.41. The molecule has 3 rings (SSSR count). The predicted molar refractivity (Wildman–Crippen MR) is 94.8 cm³/mol. The lowest BCUT2D eigenvalue weighted by atomic mass is 9.95. The van der Waals surface area contributed by atoms with Gasteiger partial charge in [-0.05, 0) is 50.5 Å². The smallest absolute Gasteiger partial charge is 0.191 e. The van der Waals surface area contributed by atoms with Crippen molar-refractivity contribution in [2.45, 2.75) is 64.2 Å². The summed E-state index contributed by atoms with van der Waals surface area (Å²) in [6.07, 6.45) is 7.11. The minimum Gasteiger partial charge on any atom is -0.373 e. The highest BCUT2D eigenvalue weighted by Gasteiger charge is 2.41. The van der Waals surface area contributed by atoms with Gasteiger partial charge in [0, 0.05) is 26.7 Å². The van der Waals surface area contributed by atoms with Gasteiger partial charge >= 0.3 is 0 Å². The maximum atomic E-state index is 5.92. The van der Waals surface area contributed by atoms with Gasteiger partial charge in [0.25, 0.3) is 0 Å². The molecule has 5 nitrogen and oxygen atoms in total. The molecule has 4 atom stereocenters. The summed E-state index contributed by atoms with van der Waals surface area (Å²) in [7, 11) is 1.87. The van der Waals surface area contributed by atoms with Crippen LogP contribution >= 0.6 is 0 Å². The number of ether oxygens (including phenoxy) is 1. The molecule has 0 aromatic carbocycles. The van der Waals surface area contributed by atoms with E-state index in [1.807, 2.05) is 7.05 Å². The van der Waals surface area contributed by atoms with Gasteiger partial charge in [-0.1, -0.05) is 13.8 Å². The monoisotopic (exact) mass is 322 g/mol. The number of rotatable bonds is 5. The third kappa shape index (κ3) is 4.60. The molecule has 0 aromatic heterocycles. The van der Waals surface area contributed by atoms with Gasteiger partial charge in [-0.2, -0.15) is 0 Å². The molecule has 23 heavy (non-hydrogen) atoms. The number of nitrogens with zero attached hydrogens (tertiary/aromatic N) is 2. The molecule has 3 heterocycles. The van der Waals surface area contributed by atoms with Crippen LogP contribution in [-0.2, 0) is 4.74 Å². The highest BCUT2D eigenvalue weighted by Crippen LogP contribution is 2.34. The van der Waals surface area contributed by atoms with E-state index >= 15 is 0 Å². The fraction of sp³-hybridized carbons (Fsp3) is 0.944. The summed E-state index contributed by atoms with van der Waals surface area (Å²) in [5, 5.41) is 7.14. The van der Waals surface area contributed by atoms with Crippen molar-refractivity contribution in [3.05, 3.63) is 0 Å². The first-order valence-corrected chi connectivity index (χ1v) is 9.49. The van der Waals surface area contributed by atoms with Crippen LogP contribution in [-0.4, -0.2) is 62.3 Å². The Morgan fingerprint density at radius 2 is 2.17 bits per heavy atom. The van der Waals surface area contributed by atoms with Crippen molar-refractivity contribution >= 4 is 5.96 Å². The van der Waals surface area contributed by atoms with Gasteiger partial charge in [0.15, 0.2) is 5.96 Å². The Labute approximate surface area is 141 Å². The molecule has 2 N–H and O–H groups in total. The van der Waals surface area contributed by atoms with Crippen molar-refractivity contribution in [3.8, 4) is 0 Å². The maximum Gasteiger partial charge on any atom is 0.191 e. The van der Waals surface area contributed by atoms with Gasteiger partial charge in [0.1, 0.15) is 0 Å². The standard InChI is InChI=1S/C18H34N4O/c1-13(2)11-22-8-4-5-14(12-22)10-20-18(19-3)21-16-9-15-6-7-17(16)23-15/h13-17H,4-12H2,1-3H3,(H2,19,20,21). The van der Waals surface area contributed by atoms with E-state index < -0.39 is 0 Å². The van der Waals surface area contributed by atoms with Crippen LogP contribution in [0, 0.1) is 11.8 Å². The third-order valence-corrected chi connectivity index (χ3v) is 5.44. The molecule has 0 aromatic rings. The summed E-state index contributed by atoms with van der Waals surface area (Å²) >= 11 is 0. The second kappa shape index (κ2) is 7.84. The molecular weight excluding hydrogens is 288 g/mol. The van der Waals surface area contributed by atoms with Gasteiger partial charge in [-0.15, -0.1) is 0 Å². The van der Waals surface area contributed by atoms with E-state index in [-0.39, 0.29) is 0 Å². The van der Waals surface area contributed by atoms with Crippen molar-refractivity contribution in [1.29, 1.82) is 0 Å². The van der Waals surface area contributed by atoms with Crippen molar-refractivity contribution in [2.24, 2.45) is 16.8 Å². The lowest BCUT2D eigenvalue weighted by Gasteiger charge is -2.34. The summed E-state index contributed by atoms with van der Waals surface area (Å²) in [6.45, 7) is 9.36. The van der Waals surface area contributed by atoms with E-state index in [1.54, 1.807) is 0 Å². The zero-order valence-electron chi connectivity index (χ0n) is 15.1. The topological polar surface area (TPSA) is 48.9 Å². The Morgan fingerprint density at radius 1 is 1.30 bits per heavy atom. The van der Waals surface area contributed by atoms with Crippen LogP contribution in [0.4, 0.5) is 0 Å². The van der Waals surface area contributed by atoms with Crippen molar-refractivity contribution in [2.75, 3.05) is 33.2 Å². The fourth-order valence-electron chi connectivity index (χ4n) is 4.40. The number of fused-ring (bicyclic) bond motifs is 2. The number of likely N-dealkylation sites (tertiary alicyclic amines) is 1. The first-order chi connectivity index (χ1) is 11.1. The highest BCUT2D eigenvalue weighted by molar-refractivity contribution is 5.80. The molecule has 3 aliphatic heterocycles. The van der Waals surface area contributed by atoms with E-state index in [0.717, 1.165) is 30.8 Å². The molecule has 0 saturated carbocycles. The molecule has 0 radical (unpaired) electrons. The molecule has 0 spiro atoms. The molecule has 132 valence electrons. The largest absolute Gasteiger partial charge is 0.373 e. The number of piperidine rings is 1. The molecule has 0 amide bonds. The van der Waals surface area contributed by atoms with Crippen LogP contribution in [0.1, 0.15) is 46.0 Å². The van der Waals surface area contributed by atoms with Crippen molar-refractivity contribution in [1.82, 2.24) is 15.5 Å². The zero-order valence-corrected chi connectivity index (χ0v) is 15.1. The normalized spacial score (nSPS) is 35.0. The van der Waals surface area contributed by atoms with Crippen LogP contribution in [0.15, 0.2) is 4.99 Å². The average Bonchev–Trinajstić information content (AvgIpc) is 3.13. The van der Waals surface area contributed by atoms with Crippen LogP contribution in [0.5, 0.6) is 0 Å². The zero-order chi connectivity index (χ0) is 16.2. The van der Waals surface area contributed by atoms with Gasteiger partial charge in [0.2, 0.25) is 0 Å². The lowest BCUT2D eigenvalue weighted by molar-refractivity contribution is 0.0992. The summed E-state index contributed by atoms with van der Waals surface area (Å²) in [5.41, 5.74) is 0. The molecule has 3 fully saturated rings. The Hall–Kier alpha value is -0.810. The van der Waals surface area contributed by atoms with Crippen molar-refractivity contribution < 1.29 is 4.74 Å². The lowest BCUT2D eigenvalue weighted by Crippen LogP contribution is -2.49. The van der Waals surface area contributed by atoms with Gasteiger partial charge in [0.05, 0.1) is 18.2 Å². The van der Waals surface area contributed by atoms with Crippen LogP contribution in [0.3, 0.4) is 0 Å². The molecule has 5 heteroatoms. The van der Waals surface area contributed by atoms with E-state index in [2.05, 4.69) is 34.4 Å². The third-order valence-electron chi connectivity index (χ3n) is 5.44. The molecule has 0 aliphatic carbocycles. The second-order valence-corrected chi connectivity index (χ2v) is 7.98. The molecule has 3 aliphatic rings. The van der Waals surface area contributed by atoms with Crippen LogP contribution in [0.2, 0.25) is 0 Å². The number of hydrogen-bond acceptors (Lipinski definition) is 3. The summed E-state index contributed by atoms with van der Waals surface area (Å²) in [6, 6.07) is 0.448. The second-order valence-electron chi connectivity index (χ2n) is 7.98. The van der Waals surface area contributed by atoms with E-state index in [9.17, 15) is 0 Å². The molecular formula is C18H34N4O. The minimum atomic E-state index is 0.398. The quantitative estimate of drug-likeness (QED) is 0.599. The average molecular weight is 322 g/mol. The minimum absolute atomic E-state index is 0.398. The molecule has 4 unspecified atom stereocenters. The van der Waals surface area contributed by atoms with E-state index in [1.165, 1.54) is 45.3 Å². The number of nitrogens with one attached hydrogen (secondary N) is 2. The summed E-state index contributed by atoms with van der Waals surface area (Å²) in [5.74, 6) is 2.44. The molecule has 3 saturated heterocycles. The Kier molecular flexibility index (Phi) is 5.81. The SMILES string of the molecule is CN=C(NCC1CCCN(CC(C)C)C1)NC1CC2CCC1O2. The van der Waals surface area contributed by atoms with E-state index in [0.29, 0.717) is 18.2 Å². The Morgan fingerprint density at radius 3 is 2.83 bits per heavy atom. The highest BCUT2D eigenvalue weighted by atomic mass is 16.5. The predicted octanol–water partition coefficient (Wildman–Crippen LogP) is 1.84.